The number of hydrogen-bond acceptors (Lipinski definition) is 5. The van der Waals surface area contributed by atoms with Gasteiger partial charge in [0.15, 0.2) is 0 Å². The Morgan fingerprint density at radius 3 is 2.35 bits per heavy atom. The lowest BCUT2D eigenvalue weighted by Gasteiger charge is -2.19. The Kier molecular flexibility index (Phi) is 5.29. The number of methoxy groups -OCH3 is 1. The van der Waals surface area contributed by atoms with Gasteiger partial charge in [-0.25, -0.2) is 17.6 Å². The number of carbonyl (C=O) groups is 2. The van der Waals surface area contributed by atoms with Gasteiger partial charge in [0.05, 0.1) is 29.4 Å². The second-order valence-electron chi connectivity index (χ2n) is 5.55. The van der Waals surface area contributed by atoms with Crippen LogP contribution in [0.15, 0.2) is 23.1 Å². The Labute approximate surface area is 145 Å². The number of carboxylic acid groups (broad SMARTS) is 1. The van der Waals surface area contributed by atoms with Crippen molar-refractivity contribution in [3.8, 4) is 0 Å². The molecule has 1 N–H and O–H groups in total. The second kappa shape index (κ2) is 6.83. The number of alkyl halides is 3. The maximum absolute atomic E-state index is 13.4. The fourth-order valence-electron chi connectivity index (χ4n) is 2.68. The first-order valence-electron chi connectivity index (χ1n) is 7.07. The number of halogens is 4. The summed E-state index contributed by atoms with van der Waals surface area (Å²) in [6.45, 7) is -2.05. The lowest BCUT2D eigenvalue weighted by atomic mass is 9.96. The second-order valence-corrected chi connectivity index (χ2v) is 7.45. The first kappa shape index (κ1) is 20.1. The minimum Gasteiger partial charge on any atom is -0.481 e. The molecule has 0 saturated carbocycles. The van der Waals surface area contributed by atoms with E-state index in [1.807, 2.05) is 0 Å². The number of carbonyl (C=O) groups excluding carboxylic acids is 1. The first-order valence-corrected chi connectivity index (χ1v) is 8.51. The maximum atomic E-state index is 13.4. The lowest BCUT2D eigenvalue weighted by Crippen LogP contribution is -2.34. The fourth-order valence-corrected chi connectivity index (χ4v) is 4.33. The molecule has 1 aliphatic rings. The number of sulfonamides is 1. The molecule has 0 amide bonds. The fraction of sp³-hybridized carbons (Fsp3) is 0.429. The summed E-state index contributed by atoms with van der Waals surface area (Å²) in [7, 11) is -3.78. The Bertz CT molecular complexity index is 838. The van der Waals surface area contributed by atoms with E-state index < -0.39 is 69.3 Å². The summed E-state index contributed by atoms with van der Waals surface area (Å²) in [4.78, 5) is 22.0. The van der Waals surface area contributed by atoms with E-state index in [-0.39, 0.29) is 0 Å². The Morgan fingerprint density at radius 1 is 1.27 bits per heavy atom. The molecule has 2 atom stereocenters. The number of rotatable bonds is 4. The van der Waals surface area contributed by atoms with Crippen molar-refractivity contribution in [2.24, 2.45) is 11.8 Å². The molecule has 26 heavy (non-hydrogen) atoms. The molecule has 2 rings (SSSR count). The summed E-state index contributed by atoms with van der Waals surface area (Å²) in [5.74, 6) is -8.35. The van der Waals surface area contributed by atoms with Crippen LogP contribution in [0.3, 0.4) is 0 Å². The van der Waals surface area contributed by atoms with Crippen LogP contribution in [-0.4, -0.2) is 56.1 Å². The van der Waals surface area contributed by atoms with Gasteiger partial charge in [-0.05, 0) is 18.2 Å². The molecule has 1 fully saturated rings. The monoisotopic (exact) mass is 399 g/mol. The smallest absolute Gasteiger partial charge is 0.393 e. The molecule has 12 heteroatoms. The predicted octanol–water partition coefficient (Wildman–Crippen LogP) is 1.50. The molecule has 0 spiro atoms. The highest BCUT2D eigenvalue weighted by Crippen LogP contribution is 2.40. The van der Waals surface area contributed by atoms with Gasteiger partial charge in [-0.2, -0.15) is 17.5 Å². The highest BCUT2D eigenvalue weighted by Gasteiger charge is 2.55. The highest BCUT2D eigenvalue weighted by atomic mass is 32.2. The average Bonchev–Trinajstić information content (AvgIpc) is 3.00. The van der Waals surface area contributed by atoms with Crippen LogP contribution in [0, 0.1) is 17.7 Å². The number of benzene rings is 1. The molecular weight excluding hydrogens is 386 g/mol. The van der Waals surface area contributed by atoms with Crippen molar-refractivity contribution in [3.05, 3.63) is 29.6 Å². The van der Waals surface area contributed by atoms with E-state index in [2.05, 4.69) is 4.74 Å². The summed E-state index contributed by atoms with van der Waals surface area (Å²) in [5.41, 5.74) is -0.699. The third kappa shape index (κ3) is 3.65. The summed E-state index contributed by atoms with van der Waals surface area (Å²) in [6.07, 6.45) is -4.93. The van der Waals surface area contributed by atoms with Crippen molar-refractivity contribution in [3.63, 3.8) is 0 Å². The summed E-state index contributed by atoms with van der Waals surface area (Å²) in [6, 6.07) is 2.00. The van der Waals surface area contributed by atoms with Crippen molar-refractivity contribution >= 4 is 22.0 Å². The minimum absolute atomic E-state index is 0.323. The van der Waals surface area contributed by atoms with Crippen LogP contribution in [0.25, 0.3) is 0 Å². The van der Waals surface area contributed by atoms with E-state index in [1.54, 1.807) is 0 Å². The standard InChI is InChI=1S/C14H13F4NO6S/c1-25-13(22)8-4-7(15)2-3-11(8)26(23,24)19-5-9(12(20)21)10(6-19)14(16,17)18/h2-4,9-10H,5-6H2,1H3,(H,20,21)/t9-,10-/m1/s1. The van der Waals surface area contributed by atoms with E-state index in [0.717, 1.165) is 7.11 Å². The van der Waals surface area contributed by atoms with Crippen LogP contribution in [-0.2, 0) is 19.6 Å². The molecule has 1 aromatic carbocycles. The first-order chi connectivity index (χ1) is 11.9. The van der Waals surface area contributed by atoms with Crippen LogP contribution in [0.1, 0.15) is 10.4 Å². The zero-order valence-corrected chi connectivity index (χ0v) is 14.0. The molecule has 1 aliphatic heterocycles. The van der Waals surface area contributed by atoms with Gasteiger partial charge >= 0.3 is 18.1 Å². The molecule has 0 unspecified atom stereocenters. The van der Waals surface area contributed by atoms with Crippen molar-refractivity contribution in [2.45, 2.75) is 11.1 Å². The highest BCUT2D eigenvalue weighted by molar-refractivity contribution is 7.89. The van der Waals surface area contributed by atoms with Crippen molar-refractivity contribution in [1.82, 2.24) is 4.31 Å². The van der Waals surface area contributed by atoms with Crippen molar-refractivity contribution < 1.29 is 45.4 Å². The topological polar surface area (TPSA) is 101 Å². The molecule has 1 heterocycles. The van der Waals surface area contributed by atoms with Gasteiger partial charge in [-0.3, -0.25) is 4.79 Å². The third-order valence-electron chi connectivity index (χ3n) is 3.99. The number of ether oxygens (including phenoxy) is 1. The maximum Gasteiger partial charge on any atom is 0.393 e. The van der Waals surface area contributed by atoms with Crippen molar-refractivity contribution in [2.75, 3.05) is 20.2 Å². The van der Waals surface area contributed by atoms with Gasteiger partial charge in [0.2, 0.25) is 10.0 Å². The molecule has 0 bridgehead atoms. The number of nitrogens with zero attached hydrogens (tertiary/aromatic N) is 1. The Morgan fingerprint density at radius 2 is 1.88 bits per heavy atom. The van der Waals surface area contributed by atoms with Gasteiger partial charge in [0.25, 0.3) is 0 Å². The van der Waals surface area contributed by atoms with Crippen molar-refractivity contribution in [1.29, 1.82) is 0 Å². The van der Waals surface area contributed by atoms with Crippen LogP contribution in [0.2, 0.25) is 0 Å². The largest absolute Gasteiger partial charge is 0.481 e. The number of hydrogen-bond donors (Lipinski definition) is 1. The Balaban J connectivity index is 2.49. The minimum atomic E-state index is -4.93. The zero-order valence-electron chi connectivity index (χ0n) is 13.2. The summed E-state index contributed by atoms with van der Waals surface area (Å²) in [5, 5.41) is 8.97. The van der Waals surface area contributed by atoms with E-state index in [9.17, 15) is 35.6 Å². The van der Waals surface area contributed by atoms with E-state index in [1.165, 1.54) is 0 Å². The van der Waals surface area contributed by atoms with E-state index >= 15 is 0 Å². The molecule has 0 aliphatic carbocycles. The Hall–Kier alpha value is -2.21. The predicted molar refractivity (Wildman–Crippen MR) is 77.2 cm³/mol. The SMILES string of the molecule is COC(=O)c1cc(F)ccc1S(=O)(=O)N1C[C@@H](C(F)(F)F)[C@H](C(=O)O)C1. The molecule has 7 nitrogen and oxygen atoms in total. The van der Waals surface area contributed by atoms with Crippen LogP contribution < -0.4 is 0 Å². The third-order valence-corrected chi connectivity index (χ3v) is 5.88. The summed E-state index contributed by atoms with van der Waals surface area (Å²) < 4.78 is 82.5. The molecule has 0 aromatic heterocycles. The van der Waals surface area contributed by atoms with Gasteiger partial charge in [-0.1, -0.05) is 0 Å². The number of carboxylic acids is 1. The van der Waals surface area contributed by atoms with Gasteiger partial charge < -0.3 is 9.84 Å². The van der Waals surface area contributed by atoms with Gasteiger partial charge in [0, 0.05) is 13.1 Å². The number of aliphatic carboxylic acids is 1. The van der Waals surface area contributed by atoms with Crippen LogP contribution in [0.4, 0.5) is 17.6 Å². The van der Waals surface area contributed by atoms with Crippen LogP contribution >= 0.6 is 0 Å². The molecule has 1 aromatic rings. The molecule has 144 valence electrons. The zero-order chi connectivity index (χ0) is 19.9. The number of esters is 1. The summed E-state index contributed by atoms with van der Waals surface area (Å²) >= 11 is 0. The van der Waals surface area contributed by atoms with E-state index in [0.29, 0.717) is 22.5 Å². The van der Waals surface area contributed by atoms with Crippen LogP contribution in [0.5, 0.6) is 0 Å². The average molecular weight is 399 g/mol. The molecule has 0 radical (unpaired) electrons. The quantitative estimate of drug-likeness (QED) is 0.608. The molecular formula is C14H13F4NO6S. The molecule has 1 saturated heterocycles. The van der Waals surface area contributed by atoms with E-state index in [4.69, 9.17) is 5.11 Å². The lowest BCUT2D eigenvalue weighted by molar-refractivity contribution is -0.187. The van der Waals surface area contributed by atoms with Gasteiger partial charge in [0.1, 0.15) is 5.82 Å². The normalized spacial score (nSPS) is 21.6. The van der Waals surface area contributed by atoms with Gasteiger partial charge in [-0.15, -0.1) is 0 Å².